The monoisotopic (exact) mass is 277 g/mol. The van der Waals surface area contributed by atoms with E-state index in [9.17, 15) is 0 Å². The average molecular weight is 277 g/mol. The molecule has 0 spiro atoms. The fraction of sp³-hybridized carbons (Fsp3) is 0.400. The number of nitrogens with two attached hydrogens (primary N) is 1. The van der Waals surface area contributed by atoms with Crippen LogP contribution in [0.15, 0.2) is 48.5 Å². The summed E-state index contributed by atoms with van der Waals surface area (Å²) < 4.78 is 0. The van der Waals surface area contributed by atoms with E-state index in [2.05, 4.69) is 55.5 Å². The summed E-state index contributed by atoms with van der Waals surface area (Å²) in [7, 11) is 0. The van der Waals surface area contributed by atoms with Gasteiger partial charge in [0.2, 0.25) is 0 Å². The van der Waals surface area contributed by atoms with Crippen LogP contribution < -0.4 is 5.73 Å². The number of aryl methyl sites for hydroxylation is 2. The molecule has 2 aliphatic rings. The standard InChI is InChI=1S/C20H23N/c1-2-13-7-9-15(10-8-13)20(21)19-17-12-11-14-5-3-4-6-16(14)18(17)19/h3-10,17-20H,2,11-12,21H2,1H3. The highest BCUT2D eigenvalue weighted by molar-refractivity contribution is 5.41. The Balaban J connectivity index is 1.58. The summed E-state index contributed by atoms with van der Waals surface area (Å²) in [4.78, 5) is 0. The third-order valence-corrected chi connectivity index (χ3v) is 5.58. The molecular weight excluding hydrogens is 254 g/mol. The maximum atomic E-state index is 6.61. The van der Waals surface area contributed by atoms with Crippen molar-refractivity contribution in [3.05, 3.63) is 70.8 Å². The van der Waals surface area contributed by atoms with Crippen LogP contribution in [0.3, 0.4) is 0 Å². The second-order valence-electron chi connectivity index (χ2n) is 6.63. The van der Waals surface area contributed by atoms with Crippen molar-refractivity contribution in [3.8, 4) is 0 Å². The Morgan fingerprint density at radius 3 is 2.62 bits per heavy atom. The van der Waals surface area contributed by atoms with E-state index in [0.717, 1.165) is 12.3 Å². The molecule has 108 valence electrons. The second kappa shape index (κ2) is 4.99. The van der Waals surface area contributed by atoms with Crippen LogP contribution in [0, 0.1) is 11.8 Å². The zero-order chi connectivity index (χ0) is 14.4. The van der Waals surface area contributed by atoms with Crippen LogP contribution in [-0.4, -0.2) is 0 Å². The molecule has 1 fully saturated rings. The van der Waals surface area contributed by atoms with Gasteiger partial charge in [0.15, 0.2) is 0 Å². The Bertz CT molecular complexity index is 643. The Kier molecular flexibility index (Phi) is 3.11. The predicted molar refractivity (Wildman–Crippen MR) is 87.2 cm³/mol. The number of benzene rings is 2. The summed E-state index contributed by atoms with van der Waals surface area (Å²) >= 11 is 0. The molecule has 2 N–H and O–H groups in total. The third-order valence-electron chi connectivity index (χ3n) is 5.58. The lowest BCUT2D eigenvalue weighted by Gasteiger charge is -2.14. The maximum Gasteiger partial charge on any atom is 0.0332 e. The highest BCUT2D eigenvalue weighted by Gasteiger charge is 2.55. The number of hydrogen-bond donors (Lipinski definition) is 1. The van der Waals surface area contributed by atoms with Crippen LogP contribution in [0.1, 0.15) is 47.6 Å². The van der Waals surface area contributed by atoms with E-state index in [-0.39, 0.29) is 6.04 Å². The van der Waals surface area contributed by atoms with E-state index >= 15 is 0 Å². The van der Waals surface area contributed by atoms with Crippen molar-refractivity contribution in [1.82, 2.24) is 0 Å². The lowest BCUT2D eigenvalue weighted by Crippen LogP contribution is -2.14. The third kappa shape index (κ3) is 2.11. The Morgan fingerprint density at radius 2 is 1.86 bits per heavy atom. The van der Waals surface area contributed by atoms with Gasteiger partial charge in [0, 0.05) is 6.04 Å². The van der Waals surface area contributed by atoms with Crippen molar-refractivity contribution < 1.29 is 0 Å². The number of hydrogen-bond acceptors (Lipinski definition) is 1. The summed E-state index contributed by atoms with van der Waals surface area (Å²) in [5.74, 6) is 2.15. The van der Waals surface area contributed by atoms with E-state index in [1.54, 1.807) is 11.1 Å². The molecule has 0 aromatic heterocycles. The van der Waals surface area contributed by atoms with Gasteiger partial charge in [-0.1, -0.05) is 55.5 Å². The van der Waals surface area contributed by atoms with Gasteiger partial charge in [-0.25, -0.2) is 0 Å². The van der Waals surface area contributed by atoms with E-state index in [1.165, 1.54) is 24.0 Å². The Labute approximate surface area is 127 Å². The molecule has 4 atom stereocenters. The van der Waals surface area contributed by atoms with Gasteiger partial charge in [0.05, 0.1) is 0 Å². The topological polar surface area (TPSA) is 26.0 Å². The minimum absolute atomic E-state index is 0.192. The van der Waals surface area contributed by atoms with Crippen molar-refractivity contribution in [1.29, 1.82) is 0 Å². The van der Waals surface area contributed by atoms with Gasteiger partial charge in [-0.05, 0) is 59.3 Å². The molecule has 4 rings (SSSR count). The van der Waals surface area contributed by atoms with E-state index in [1.807, 2.05) is 0 Å². The van der Waals surface area contributed by atoms with Gasteiger partial charge in [-0.2, -0.15) is 0 Å². The molecule has 2 aromatic rings. The summed E-state index contributed by atoms with van der Waals surface area (Å²) in [5, 5.41) is 0. The zero-order valence-corrected chi connectivity index (χ0v) is 12.6. The van der Waals surface area contributed by atoms with Gasteiger partial charge < -0.3 is 5.73 Å². The summed E-state index contributed by atoms with van der Waals surface area (Å²) in [6, 6.07) is 18.1. The summed E-state index contributed by atoms with van der Waals surface area (Å²) in [6.45, 7) is 2.20. The predicted octanol–water partition coefficient (Wildman–Crippen LogP) is 4.22. The minimum Gasteiger partial charge on any atom is -0.324 e. The largest absolute Gasteiger partial charge is 0.324 e. The van der Waals surface area contributed by atoms with Crippen molar-refractivity contribution in [2.45, 2.75) is 38.1 Å². The molecule has 0 aliphatic heterocycles. The minimum atomic E-state index is 0.192. The van der Waals surface area contributed by atoms with E-state index in [0.29, 0.717) is 11.8 Å². The molecular formula is C20H23N. The SMILES string of the molecule is CCc1ccc(C(N)C2C3CCc4ccccc4C32)cc1. The van der Waals surface area contributed by atoms with Crippen LogP contribution in [0.25, 0.3) is 0 Å². The van der Waals surface area contributed by atoms with Crippen LogP contribution in [0.5, 0.6) is 0 Å². The molecule has 0 radical (unpaired) electrons. The molecule has 1 saturated carbocycles. The number of rotatable bonds is 3. The van der Waals surface area contributed by atoms with Crippen molar-refractivity contribution in [3.63, 3.8) is 0 Å². The van der Waals surface area contributed by atoms with Crippen molar-refractivity contribution in [2.75, 3.05) is 0 Å². The van der Waals surface area contributed by atoms with E-state index < -0.39 is 0 Å². The maximum absolute atomic E-state index is 6.61. The molecule has 1 heteroatoms. The van der Waals surface area contributed by atoms with Crippen molar-refractivity contribution in [2.24, 2.45) is 17.6 Å². The Hall–Kier alpha value is -1.60. The molecule has 0 bridgehead atoms. The van der Waals surface area contributed by atoms with Crippen LogP contribution in [0.2, 0.25) is 0 Å². The molecule has 0 amide bonds. The van der Waals surface area contributed by atoms with Crippen LogP contribution >= 0.6 is 0 Å². The quantitative estimate of drug-likeness (QED) is 0.893. The van der Waals surface area contributed by atoms with Gasteiger partial charge >= 0.3 is 0 Å². The first-order valence-corrected chi connectivity index (χ1v) is 8.22. The first kappa shape index (κ1) is 13.1. The summed E-state index contributed by atoms with van der Waals surface area (Å²) in [6.07, 6.45) is 3.64. The smallest absolute Gasteiger partial charge is 0.0332 e. The molecule has 0 heterocycles. The van der Waals surface area contributed by atoms with Gasteiger partial charge in [-0.15, -0.1) is 0 Å². The number of fused-ring (bicyclic) bond motifs is 3. The summed E-state index contributed by atoms with van der Waals surface area (Å²) in [5.41, 5.74) is 12.4. The zero-order valence-electron chi connectivity index (χ0n) is 12.6. The lowest BCUT2D eigenvalue weighted by molar-refractivity contribution is 0.555. The Morgan fingerprint density at radius 1 is 1.10 bits per heavy atom. The van der Waals surface area contributed by atoms with E-state index in [4.69, 9.17) is 5.73 Å². The molecule has 2 aromatic carbocycles. The molecule has 4 unspecified atom stereocenters. The first-order valence-electron chi connectivity index (χ1n) is 8.22. The molecule has 1 nitrogen and oxygen atoms in total. The van der Waals surface area contributed by atoms with Crippen molar-refractivity contribution >= 4 is 0 Å². The molecule has 2 aliphatic carbocycles. The lowest BCUT2D eigenvalue weighted by atomic mass is 9.92. The second-order valence-corrected chi connectivity index (χ2v) is 6.63. The van der Waals surface area contributed by atoms with Crippen LogP contribution in [-0.2, 0) is 12.8 Å². The molecule has 21 heavy (non-hydrogen) atoms. The fourth-order valence-electron chi connectivity index (χ4n) is 4.31. The normalized spacial score (nSPS) is 27.6. The first-order chi connectivity index (χ1) is 10.3. The fourth-order valence-corrected chi connectivity index (χ4v) is 4.31. The van der Waals surface area contributed by atoms with Gasteiger partial charge in [-0.3, -0.25) is 0 Å². The molecule has 0 saturated heterocycles. The average Bonchev–Trinajstić information content (AvgIpc) is 3.29. The van der Waals surface area contributed by atoms with Gasteiger partial charge in [0.25, 0.3) is 0 Å². The highest BCUT2D eigenvalue weighted by Crippen LogP contribution is 2.63. The highest BCUT2D eigenvalue weighted by atomic mass is 14.7. The van der Waals surface area contributed by atoms with Crippen LogP contribution in [0.4, 0.5) is 0 Å². The van der Waals surface area contributed by atoms with Gasteiger partial charge in [0.1, 0.15) is 0 Å².